The van der Waals surface area contributed by atoms with E-state index in [-0.39, 0.29) is 35.3 Å². The van der Waals surface area contributed by atoms with Crippen molar-refractivity contribution in [1.29, 1.82) is 0 Å². The highest BCUT2D eigenvalue weighted by Gasteiger charge is 2.34. The molecule has 246 valence electrons. The van der Waals surface area contributed by atoms with Gasteiger partial charge in [0.1, 0.15) is 23.0 Å². The molecule has 4 N–H and O–H groups in total. The Morgan fingerprint density at radius 2 is 1.84 bits per heavy atom. The zero-order valence-corrected chi connectivity index (χ0v) is 29.0. The topological polar surface area (TPSA) is 152 Å². The summed E-state index contributed by atoms with van der Waals surface area (Å²) in [6, 6.07) is 6.88. The lowest BCUT2D eigenvalue weighted by atomic mass is 9.88. The van der Waals surface area contributed by atoms with Crippen LogP contribution in [0.3, 0.4) is 0 Å². The Hall–Kier alpha value is -3.45. The molecule has 0 unspecified atom stereocenters. The van der Waals surface area contributed by atoms with Crippen LogP contribution in [0.5, 0.6) is 5.75 Å². The number of nitrogens with two attached hydrogens (primary N) is 1. The van der Waals surface area contributed by atoms with Crippen LogP contribution < -0.4 is 20.5 Å². The summed E-state index contributed by atoms with van der Waals surface area (Å²) in [5.74, 6) is 0.234. The summed E-state index contributed by atoms with van der Waals surface area (Å²) in [6.07, 6.45) is 1.38. The standard InChI is InChI=1S/C32H45N5O6S2/c1-19-20(2)27(21(3)23-15-16-32(7,8)42-26(19)23)45(40,41)36-29(33)34-17-11-13-24(35-30(39)43-31(4,5)6)28(38)37-18-22-12-9-10-14-25(22)44-37/h9-10,12,14,24H,11,13,15-18H2,1-8H3,(H,35,39)(H3,33,34,36)/t24-/m0/s1. The molecule has 0 aromatic heterocycles. The molecule has 0 spiro atoms. The fraction of sp³-hybridized carbons (Fsp3) is 0.531. The van der Waals surface area contributed by atoms with Crippen LogP contribution in [0.1, 0.15) is 81.7 Å². The number of aliphatic imine (C=N–C) groups is 1. The van der Waals surface area contributed by atoms with Gasteiger partial charge in [-0.05, 0) is 127 Å². The van der Waals surface area contributed by atoms with Crippen LogP contribution in [0.2, 0.25) is 0 Å². The van der Waals surface area contributed by atoms with Crippen molar-refractivity contribution in [1.82, 2.24) is 14.3 Å². The monoisotopic (exact) mass is 659 g/mol. The van der Waals surface area contributed by atoms with Gasteiger partial charge in [0, 0.05) is 11.4 Å². The lowest BCUT2D eigenvalue weighted by Crippen LogP contribution is -2.47. The van der Waals surface area contributed by atoms with Crippen LogP contribution in [-0.2, 0) is 32.5 Å². The van der Waals surface area contributed by atoms with E-state index in [0.29, 0.717) is 30.5 Å². The van der Waals surface area contributed by atoms with E-state index in [9.17, 15) is 18.0 Å². The molecule has 2 amide bonds. The Morgan fingerprint density at radius 3 is 2.51 bits per heavy atom. The van der Waals surface area contributed by atoms with Crippen LogP contribution in [0, 0.1) is 20.8 Å². The number of ether oxygens (including phenoxy) is 2. The number of carbonyl (C=O) groups excluding carboxylic acids is 2. The van der Waals surface area contributed by atoms with E-state index in [1.807, 2.05) is 45.0 Å². The van der Waals surface area contributed by atoms with Gasteiger partial charge in [-0.1, -0.05) is 18.2 Å². The van der Waals surface area contributed by atoms with Crippen LogP contribution in [0.25, 0.3) is 0 Å². The van der Waals surface area contributed by atoms with Crippen molar-refractivity contribution in [3.05, 3.63) is 52.1 Å². The SMILES string of the molecule is Cc1c(C)c(S(=O)(=O)NC(N)=NCCC[C@H](NC(=O)OC(C)(C)C)C(=O)N2Cc3ccccc3S2)c(C)c2c1OC(C)(C)CC2. The van der Waals surface area contributed by atoms with Crippen molar-refractivity contribution in [2.45, 2.75) is 115 Å². The molecule has 2 aliphatic rings. The highest BCUT2D eigenvalue weighted by molar-refractivity contribution is 7.97. The molecule has 45 heavy (non-hydrogen) atoms. The van der Waals surface area contributed by atoms with E-state index >= 15 is 0 Å². The van der Waals surface area contributed by atoms with Gasteiger partial charge in [-0.25, -0.2) is 17.9 Å². The smallest absolute Gasteiger partial charge is 0.408 e. The van der Waals surface area contributed by atoms with Gasteiger partial charge in [0.05, 0.1) is 11.4 Å². The predicted octanol–water partition coefficient (Wildman–Crippen LogP) is 5.03. The molecule has 0 radical (unpaired) electrons. The first kappa shape index (κ1) is 34.4. The van der Waals surface area contributed by atoms with E-state index < -0.39 is 27.8 Å². The molecule has 0 fully saturated rings. The van der Waals surface area contributed by atoms with Crippen molar-refractivity contribution >= 4 is 39.9 Å². The number of guanidine groups is 1. The van der Waals surface area contributed by atoms with E-state index in [4.69, 9.17) is 15.2 Å². The van der Waals surface area contributed by atoms with Crippen LogP contribution >= 0.6 is 11.9 Å². The molecular weight excluding hydrogens is 615 g/mol. The number of nitrogens with one attached hydrogen (secondary N) is 2. The van der Waals surface area contributed by atoms with Gasteiger partial charge in [0.2, 0.25) is 5.96 Å². The molecule has 0 bridgehead atoms. The quantitative estimate of drug-likeness (QED) is 0.154. The number of fused-ring (bicyclic) bond motifs is 2. The normalized spacial score (nSPS) is 16.7. The Bertz CT molecular complexity index is 1590. The summed E-state index contributed by atoms with van der Waals surface area (Å²) in [5.41, 5.74) is 8.94. The van der Waals surface area contributed by atoms with Crippen LogP contribution in [0.4, 0.5) is 4.79 Å². The molecule has 0 saturated carbocycles. The molecule has 2 aromatic carbocycles. The highest BCUT2D eigenvalue weighted by Crippen LogP contribution is 2.42. The summed E-state index contributed by atoms with van der Waals surface area (Å²) < 4.78 is 42.7. The second-order valence-electron chi connectivity index (χ2n) is 13.2. The first-order valence-electron chi connectivity index (χ1n) is 15.1. The number of amides is 2. The first-order chi connectivity index (χ1) is 20.9. The fourth-order valence-corrected chi connectivity index (χ4v) is 8.07. The van der Waals surface area contributed by atoms with Crippen molar-refractivity contribution < 1.29 is 27.5 Å². The number of benzene rings is 2. The molecule has 1 atom stereocenters. The number of rotatable bonds is 8. The van der Waals surface area contributed by atoms with Crippen LogP contribution in [0.15, 0.2) is 39.0 Å². The van der Waals surface area contributed by atoms with E-state index in [1.54, 1.807) is 38.9 Å². The second-order valence-corrected chi connectivity index (χ2v) is 15.8. The van der Waals surface area contributed by atoms with Gasteiger partial charge in [-0.15, -0.1) is 0 Å². The highest BCUT2D eigenvalue weighted by atomic mass is 32.2. The molecule has 0 saturated heterocycles. The number of carbonyl (C=O) groups is 2. The third kappa shape index (κ3) is 8.23. The Kier molecular flexibility index (Phi) is 10.0. The van der Waals surface area contributed by atoms with Gasteiger partial charge in [0.25, 0.3) is 15.9 Å². The number of hydrogen-bond acceptors (Lipinski definition) is 8. The number of alkyl carbamates (subject to hydrolysis) is 1. The molecule has 2 heterocycles. The lowest BCUT2D eigenvalue weighted by Gasteiger charge is -2.35. The number of nitrogens with zero attached hydrogens (tertiary/aromatic N) is 2. The first-order valence-corrected chi connectivity index (χ1v) is 17.4. The minimum atomic E-state index is -4.04. The minimum Gasteiger partial charge on any atom is -0.487 e. The van der Waals surface area contributed by atoms with E-state index in [1.165, 1.54) is 11.9 Å². The van der Waals surface area contributed by atoms with Gasteiger partial charge >= 0.3 is 6.09 Å². The Labute approximate surface area is 270 Å². The third-order valence-corrected chi connectivity index (χ3v) is 10.6. The van der Waals surface area contributed by atoms with E-state index in [0.717, 1.165) is 33.8 Å². The molecule has 2 aliphatic heterocycles. The summed E-state index contributed by atoms with van der Waals surface area (Å²) in [6.45, 7) is 15.3. The van der Waals surface area contributed by atoms with Gasteiger partial charge in [0.15, 0.2) is 0 Å². The summed E-state index contributed by atoms with van der Waals surface area (Å²) in [7, 11) is -4.04. The molecule has 4 rings (SSSR count). The molecule has 2 aromatic rings. The maximum atomic E-state index is 13.5. The third-order valence-electron chi connectivity index (χ3n) is 7.84. The largest absolute Gasteiger partial charge is 0.487 e. The summed E-state index contributed by atoms with van der Waals surface area (Å²) in [4.78, 5) is 31.5. The van der Waals surface area contributed by atoms with Crippen LogP contribution in [-0.4, -0.2) is 54.5 Å². The molecule has 0 aliphatic carbocycles. The lowest BCUT2D eigenvalue weighted by molar-refractivity contribution is -0.128. The van der Waals surface area contributed by atoms with E-state index in [2.05, 4.69) is 15.0 Å². The zero-order chi connectivity index (χ0) is 33.3. The van der Waals surface area contributed by atoms with Gasteiger partial charge < -0.3 is 20.5 Å². The molecule has 11 nitrogen and oxygen atoms in total. The maximum Gasteiger partial charge on any atom is 0.408 e. The molecular formula is C32H45N5O6S2. The summed E-state index contributed by atoms with van der Waals surface area (Å²) in [5, 5.41) is 2.71. The second kappa shape index (κ2) is 13.1. The number of hydrogen-bond donors (Lipinski definition) is 3. The summed E-state index contributed by atoms with van der Waals surface area (Å²) >= 11 is 1.33. The average Bonchev–Trinajstić information content (AvgIpc) is 3.35. The maximum absolute atomic E-state index is 13.5. The van der Waals surface area contributed by atoms with Crippen molar-refractivity contribution in [2.24, 2.45) is 10.7 Å². The predicted molar refractivity (Wildman–Crippen MR) is 176 cm³/mol. The Balaban J connectivity index is 1.43. The van der Waals surface area contributed by atoms with Gasteiger partial charge in [-0.2, -0.15) is 0 Å². The van der Waals surface area contributed by atoms with Gasteiger partial charge in [-0.3, -0.25) is 14.1 Å². The van der Waals surface area contributed by atoms with Crippen molar-refractivity contribution in [3.8, 4) is 5.75 Å². The zero-order valence-electron chi connectivity index (χ0n) is 27.4. The van der Waals surface area contributed by atoms with Crippen molar-refractivity contribution in [2.75, 3.05) is 6.54 Å². The van der Waals surface area contributed by atoms with Crippen molar-refractivity contribution in [3.63, 3.8) is 0 Å². The Morgan fingerprint density at radius 1 is 1.16 bits per heavy atom. The fourth-order valence-electron chi connectivity index (χ4n) is 5.50. The number of sulfonamides is 1. The minimum absolute atomic E-state index is 0.131. The molecule has 13 heteroatoms. The average molecular weight is 660 g/mol.